The molecule has 2 heterocycles. The van der Waals surface area contributed by atoms with Crippen molar-refractivity contribution in [2.24, 2.45) is 0 Å². The molecule has 0 spiro atoms. The van der Waals surface area contributed by atoms with E-state index in [0.717, 1.165) is 35.9 Å². The average molecular weight is 399 g/mol. The van der Waals surface area contributed by atoms with Gasteiger partial charge in [-0.25, -0.2) is 0 Å². The molecule has 1 aliphatic rings. The van der Waals surface area contributed by atoms with Crippen LogP contribution < -0.4 is 5.32 Å². The summed E-state index contributed by atoms with van der Waals surface area (Å²) in [6, 6.07) is 10.6. The van der Waals surface area contributed by atoms with E-state index in [1.165, 1.54) is 27.8 Å². The maximum absolute atomic E-state index is 12.4. The molecule has 0 bridgehead atoms. The van der Waals surface area contributed by atoms with Gasteiger partial charge in [-0.2, -0.15) is 0 Å². The summed E-state index contributed by atoms with van der Waals surface area (Å²) < 4.78 is 2.23. The van der Waals surface area contributed by atoms with Crippen LogP contribution in [0.3, 0.4) is 0 Å². The van der Waals surface area contributed by atoms with Gasteiger partial charge >= 0.3 is 0 Å². The van der Waals surface area contributed by atoms with E-state index in [-0.39, 0.29) is 5.91 Å². The molecule has 1 N–H and O–H groups in total. The summed E-state index contributed by atoms with van der Waals surface area (Å²) in [5, 5.41) is 14.7. The lowest BCUT2D eigenvalue weighted by atomic mass is 10.1. The molecule has 5 nitrogen and oxygen atoms in total. The number of aromatic nitrogens is 3. The van der Waals surface area contributed by atoms with Gasteiger partial charge in [0.1, 0.15) is 5.82 Å². The van der Waals surface area contributed by atoms with Gasteiger partial charge in [-0.3, -0.25) is 4.79 Å². The van der Waals surface area contributed by atoms with Crippen LogP contribution >= 0.6 is 23.1 Å². The van der Waals surface area contributed by atoms with Crippen LogP contribution in [0.1, 0.15) is 40.7 Å². The largest absolute Gasteiger partial charge is 0.325 e. The Kier molecular flexibility index (Phi) is 5.31. The van der Waals surface area contributed by atoms with Crippen LogP contribution in [-0.2, 0) is 11.2 Å². The Morgan fingerprint density at radius 2 is 2.11 bits per heavy atom. The van der Waals surface area contributed by atoms with Crippen LogP contribution in [0.2, 0.25) is 0 Å². The zero-order chi connectivity index (χ0) is 18.8. The summed E-state index contributed by atoms with van der Waals surface area (Å²) in [6.07, 6.45) is 3.13. The molecule has 3 aromatic rings. The quantitative estimate of drug-likeness (QED) is 0.590. The molecule has 1 aliphatic carbocycles. The number of thioether (sulfide) groups is 1. The van der Waals surface area contributed by atoms with Gasteiger partial charge in [-0.1, -0.05) is 23.9 Å². The van der Waals surface area contributed by atoms with Gasteiger partial charge in [-0.05, 0) is 61.4 Å². The van der Waals surface area contributed by atoms with E-state index in [2.05, 4.69) is 44.5 Å². The molecule has 2 aromatic heterocycles. The molecule has 140 valence electrons. The van der Waals surface area contributed by atoms with Gasteiger partial charge in [0.2, 0.25) is 5.91 Å². The topological polar surface area (TPSA) is 59.8 Å². The van der Waals surface area contributed by atoms with E-state index >= 15 is 0 Å². The van der Waals surface area contributed by atoms with Crippen LogP contribution in [-0.4, -0.2) is 26.4 Å². The molecule has 0 saturated heterocycles. The summed E-state index contributed by atoms with van der Waals surface area (Å²) in [4.78, 5) is 13.6. The number of nitrogens with zero attached hydrogens (tertiary/aromatic N) is 3. The molecular formula is C20H22N4OS2. The minimum atomic E-state index is -0.0200. The van der Waals surface area contributed by atoms with E-state index in [0.29, 0.717) is 11.8 Å². The third kappa shape index (κ3) is 4.42. The number of thiophene rings is 1. The molecule has 0 aliphatic heterocycles. The molecule has 1 amide bonds. The third-order valence-electron chi connectivity index (χ3n) is 4.68. The highest BCUT2D eigenvalue weighted by Crippen LogP contribution is 2.39. The van der Waals surface area contributed by atoms with Gasteiger partial charge in [0, 0.05) is 23.0 Å². The number of hydrogen-bond donors (Lipinski definition) is 1. The standard InChI is InChI=1S/C20H22N4OS2/c1-13-5-6-15(10-14(13)2)21-19(25)12-27-20-23-22-18(24(20)16-7-8-16)11-17-4-3-9-26-17/h3-6,9-10,16H,7-8,11-12H2,1-2H3,(H,21,25). The molecule has 0 unspecified atom stereocenters. The van der Waals surface area contributed by atoms with Crippen molar-refractivity contribution in [1.29, 1.82) is 0 Å². The van der Waals surface area contributed by atoms with Gasteiger partial charge in [0.05, 0.1) is 5.75 Å². The van der Waals surface area contributed by atoms with E-state index in [4.69, 9.17) is 0 Å². The van der Waals surface area contributed by atoms with Gasteiger partial charge in [0.25, 0.3) is 0 Å². The first-order chi connectivity index (χ1) is 13.1. The van der Waals surface area contributed by atoms with Crippen molar-refractivity contribution in [3.63, 3.8) is 0 Å². The molecule has 7 heteroatoms. The van der Waals surface area contributed by atoms with E-state index in [9.17, 15) is 4.79 Å². The predicted molar refractivity (Wildman–Crippen MR) is 111 cm³/mol. The van der Waals surface area contributed by atoms with Crippen LogP contribution in [0, 0.1) is 13.8 Å². The van der Waals surface area contributed by atoms with Crippen LogP contribution in [0.15, 0.2) is 40.9 Å². The first-order valence-electron chi connectivity index (χ1n) is 9.06. The minimum Gasteiger partial charge on any atom is -0.325 e. The number of nitrogens with one attached hydrogen (secondary N) is 1. The fourth-order valence-corrected chi connectivity index (χ4v) is 4.47. The van der Waals surface area contributed by atoms with Crippen molar-refractivity contribution in [3.8, 4) is 0 Å². The summed E-state index contributed by atoms with van der Waals surface area (Å²) >= 11 is 3.20. The van der Waals surface area contributed by atoms with Gasteiger partial charge in [-0.15, -0.1) is 21.5 Å². The summed E-state index contributed by atoms with van der Waals surface area (Å²) in [6.45, 7) is 4.11. The molecule has 1 fully saturated rings. The lowest BCUT2D eigenvalue weighted by molar-refractivity contribution is -0.113. The molecular weight excluding hydrogens is 376 g/mol. The molecule has 4 rings (SSSR count). The molecule has 0 atom stereocenters. The average Bonchev–Trinajstić information content (AvgIpc) is 3.20. The third-order valence-corrected chi connectivity index (χ3v) is 6.50. The SMILES string of the molecule is Cc1ccc(NC(=O)CSc2nnc(Cc3cccs3)n2C2CC2)cc1C. The maximum Gasteiger partial charge on any atom is 0.234 e. The normalized spacial score (nSPS) is 13.7. The number of rotatable bonds is 7. The number of carbonyl (C=O) groups is 1. The van der Waals surface area contributed by atoms with E-state index in [1.54, 1.807) is 11.3 Å². The first-order valence-corrected chi connectivity index (χ1v) is 10.9. The van der Waals surface area contributed by atoms with Crippen molar-refractivity contribution in [2.75, 3.05) is 11.1 Å². The summed E-state index contributed by atoms with van der Waals surface area (Å²) in [7, 11) is 0. The number of benzene rings is 1. The second-order valence-corrected chi connectivity index (χ2v) is 8.87. The highest BCUT2D eigenvalue weighted by Gasteiger charge is 2.29. The zero-order valence-electron chi connectivity index (χ0n) is 15.4. The fourth-order valence-electron chi connectivity index (χ4n) is 2.94. The molecule has 1 aromatic carbocycles. The number of aryl methyl sites for hydroxylation is 2. The summed E-state index contributed by atoms with van der Waals surface area (Å²) in [5.41, 5.74) is 3.23. The van der Waals surface area contributed by atoms with Crippen molar-refractivity contribution in [3.05, 3.63) is 57.5 Å². The Balaban J connectivity index is 1.41. The van der Waals surface area contributed by atoms with Crippen LogP contribution in [0.5, 0.6) is 0 Å². The maximum atomic E-state index is 12.4. The van der Waals surface area contributed by atoms with Crippen LogP contribution in [0.25, 0.3) is 0 Å². The highest BCUT2D eigenvalue weighted by molar-refractivity contribution is 7.99. The van der Waals surface area contributed by atoms with Crippen molar-refractivity contribution >= 4 is 34.7 Å². The monoisotopic (exact) mass is 398 g/mol. The summed E-state index contributed by atoms with van der Waals surface area (Å²) in [5.74, 6) is 1.31. The second-order valence-electron chi connectivity index (χ2n) is 6.89. The van der Waals surface area contributed by atoms with Crippen LogP contribution in [0.4, 0.5) is 5.69 Å². The Morgan fingerprint density at radius 1 is 1.26 bits per heavy atom. The number of carbonyl (C=O) groups excluding carboxylic acids is 1. The Bertz CT molecular complexity index is 945. The fraction of sp³-hybridized carbons (Fsp3) is 0.350. The van der Waals surface area contributed by atoms with Crippen molar-refractivity contribution in [1.82, 2.24) is 14.8 Å². The molecule has 1 saturated carbocycles. The Hall–Kier alpha value is -2.12. The number of amides is 1. The Morgan fingerprint density at radius 3 is 2.81 bits per heavy atom. The number of hydrogen-bond acceptors (Lipinski definition) is 5. The lowest BCUT2D eigenvalue weighted by Crippen LogP contribution is -2.15. The highest BCUT2D eigenvalue weighted by atomic mass is 32.2. The number of anilines is 1. The zero-order valence-corrected chi connectivity index (χ0v) is 17.1. The predicted octanol–water partition coefficient (Wildman–Crippen LogP) is 4.61. The van der Waals surface area contributed by atoms with E-state index < -0.39 is 0 Å². The van der Waals surface area contributed by atoms with Gasteiger partial charge < -0.3 is 9.88 Å². The molecule has 27 heavy (non-hydrogen) atoms. The smallest absolute Gasteiger partial charge is 0.234 e. The lowest BCUT2D eigenvalue weighted by Gasteiger charge is -2.09. The minimum absolute atomic E-state index is 0.0200. The first kappa shape index (κ1) is 18.3. The molecule has 0 radical (unpaired) electrons. The van der Waals surface area contributed by atoms with E-state index in [1.807, 2.05) is 25.1 Å². The van der Waals surface area contributed by atoms with Gasteiger partial charge in [0.15, 0.2) is 5.16 Å². The Labute approximate surface area is 167 Å². The second kappa shape index (κ2) is 7.86. The van der Waals surface area contributed by atoms with Crippen molar-refractivity contribution in [2.45, 2.75) is 44.3 Å². The van der Waals surface area contributed by atoms with Crippen molar-refractivity contribution < 1.29 is 4.79 Å².